The van der Waals surface area contributed by atoms with E-state index in [1.165, 1.54) is 0 Å². The summed E-state index contributed by atoms with van der Waals surface area (Å²) in [6, 6.07) is 11.2. The first-order valence-electron chi connectivity index (χ1n) is 10.5. The first-order valence-corrected chi connectivity index (χ1v) is 10.5. The second-order valence-corrected chi connectivity index (χ2v) is 8.39. The number of rotatable bonds is 7. The summed E-state index contributed by atoms with van der Waals surface area (Å²) >= 11 is 0. The first-order chi connectivity index (χ1) is 14.4. The van der Waals surface area contributed by atoms with E-state index in [4.69, 9.17) is 0 Å². The molecule has 7 nitrogen and oxygen atoms in total. The maximum Gasteiger partial charge on any atom is 0.272 e. The number of benzene rings is 1. The van der Waals surface area contributed by atoms with Gasteiger partial charge in [-0.15, -0.1) is 0 Å². The van der Waals surface area contributed by atoms with Crippen LogP contribution in [-0.2, 0) is 6.54 Å². The smallest absolute Gasteiger partial charge is 0.272 e. The van der Waals surface area contributed by atoms with Crippen LogP contribution >= 0.6 is 0 Å². The van der Waals surface area contributed by atoms with E-state index in [1.54, 1.807) is 22.9 Å². The molecule has 1 fully saturated rings. The number of fused-ring (bicyclic) bond motifs is 1. The minimum Gasteiger partial charge on any atom is -0.348 e. The van der Waals surface area contributed by atoms with Crippen molar-refractivity contribution in [2.45, 2.75) is 52.6 Å². The summed E-state index contributed by atoms with van der Waals surface area (Å²) in [7, 11) is 0. The number of aromatic nitrogens is 3. The molecule has 1 aliphatic rings. The highest BCUT2D eigenvalue weighted by molar-refractivity contribution is 6.06. The molecule has 0 bridgehead atoms. The fraction of sp³-hybridized carbons (Fsp3) is 0.391. The maximum atomic E-state index is 12.7. The molecule has 2 aromatic heterocycles. The van der Waals surface area contributed by atoms with E-state index in [9.17, 15) is 9.59 Å². The standard InChI is InChI=1S/C23H27N5O2/c1-14(2)12-13-28-21-18(20(27-28)23(30)24-17-8-9-17)10-11-19(25-21)26-22(29)16-6-4-15(3)5-7-16/h4-7,10-11,14,17H,8-9,12-13H2,1-3H3,(H,24,30)(H,25,26,29). The lowest BCUT2D eigenvalue weighted by Gasteiger charge is -2.08. The SMILES string of the molecule is Cc1ccc(C(=O)Nc2ccc3c(C(=O)NC4CC4)nn(CCC(C)C)c3n2)cc1. The van der Waals surface area contributed by atoms with Crippen LogP contribution in [0.15, 0.2) is 36.4 Å². The van der Waals surface area contributed by atoms with Crippen molar-refractivity contribution in [2.24, 2.45) is 5.92 Å². The zero-order valence-corrected chi connectivity index (χ0v) is 17.6. The summed E-state index contributed by atoms with van der Waals surface area (Å²) in [6.45, 7) is 6.93. The molecule has 156 valence electrons. The Balaban J connectivity index is 1.63. The Hall–Kier alpha value is -3.22. The van der Waals surface area contributed by atoms with Gasteiger partial charge in [0.1, 0.15) is 5.82 Å². The number of carbonyl (C=O) groups is 2. The lowest BCUT2D eigenvalue weighted by atomic mass is 10.1. The van der Waals surface area contributed by atoms with Crippen LogP contribution in [0.5, 0.6) is 0 Å². The zero-order chi connectivity index (χ0) is 21.3. The summed E-state index contributed by atoms with van der Waals surface area (Å²) < 4.78 is 1.78. The van der Waals surface area contributed by atoms with Crippen molar-refractivity contribution >= 4 is 28.7 Å². The van der Waals surface area contributed by atoms with Crippen LogP contribution in [0.3, 0.4) is 0 Å². The number of pyridine rings is 1. The Labute approximate surface area is 175 Å². The molecule has 1 aromatic carbocycles. The van der Waals surface area contributed by atoms with E-state index in [-0.39, 0.29) is 17.9 Å². The van der Waals surface area contributed by atoms with Gasteiger partial charge in [-0.1, -0.05) is 31.5 Å². The second kappa shape index (κ2) is 8.26. The minimum absolute atomic E-state index is 0.163. The average molecular weight is 406 g/mol. The van der Waals surface area contributed by atoms with Crippen LogP contribution in [0.25, 0.3) is 11.0 Å². The molecule has 0 saturated heterocycles. The van der Waals surface area contributed by atoms with Crippen LogP contribution in [0.4, 0.5) is 5.82 Å². The monoisotopic (exact) mass is 405 g/mol. The Morgan fingerprint density at radius 2 is 1.83 bits per heavy atom. The number of hydrogen-bond donors (Lipinski definition) is 2. The lowest BCUT2D eigenvalue weighted by Crippen LogP contribution is -2.26. The van der Waals surface area contributed by atoms with E-state index in [0.717, 1.165) is 24.8 Å². The quantitative estimate of drug-likeness (QED) is 0.623. The number of hydrogen-bond acceptors (Lipinski definition) is 4. The van der Waals surface area contributed by atoms with Crippen molar-refractivity contribution in [3.63, 3.8) is 0 Å². The molecule has 30 heavy (non-hydrogen) atoms. The predicted molar refractivity (Wildman–Crippen MR) is 117 cm³/mol. The number of nitrogens with zero attached hydrogens (tertiary/aromatic N) is 3. The highest BCUT2D eigenvalue weighted by Crippen LogP contribution is 2.23. The van der Waals surface area contributed by atoms with Gasteiger partial charge in [-0.05, 0) is 56.4 Å². The third kappa shape index (κ3) is 4.50. The molecule has 1 aliphatic carbocycles. The summed E-state index contributed by atoms with van der Waals surface area (Å²) in [5.41, 5.74) is 2.67. The topological polar surface area (TPSA) is 88.9 Å². The Bertz CT molecular complexity index is 1080. The Kier molecular flexibility index (Phi) is 5.53. The summed E-state index contributed by atoms with van der Waals surface area (Å²) in [5.74, 6) is 0.552. The molecule has 0 aliphatic heterocycles. The van der Waals surface area contributed by atoms with Crippen molar-refractivity contribution in [3.05, 3.63) is 53.2 Å². The molecule has 4 rings (SSSR count). The average Bonchev–Trinajstić information content (AvgIpc) is 3.45. The first kappa shape index (κ1) is 20.1. The lowest BCUT2D eigenvalue weighted by molar-refractivity contribution is 0.0946. The maximum absolute atomic E-state index is 12.7. The van der Waals surface area contributed by atoms with Gasteiger partial charge in [-0.3, -0.25) is 9.59 Å². The van der Waals surface area contributed by atoms with E-state index in [2.05, 4.69) is 34.6 Å². The zero-order valence-electron chi connectivity index (χ0n) is 17.6. The van der Waals surface area contributed by atoms with Gasteiger partial charge in [0.15, 0.2) is 11.3 Å². The number of amides is 2. The van der Waals surface area contributed by atoms with Crippen LogP contribution < -0.4 is 10.6 Å². The molecule has 3 aromatic rings. The number of anilines is 1. The highest BCUT2D eigenvalue weighted by Gasteiger charge is 2.27. The van der Waals surface area contributed by atoms with Crippen LogP contribution in [0.1, 0.15) is 59.5 Å². The molecule has 0 unspecified atom stereocenters. The van der Waals surface area contributed by atoms with Crippen molar-refractivity contribution < 1.29 is 9.59 Å². The highest BCUT2D eigenvalue weighted by atomic mass is 16.2. The van der Waals surface area contributed by atoms with Gasteiger partial charge in [-0.25, -0.2) is 9.67 Å². The van der Waals surface area contributed by atoms with Gasteiger partial charge in [0, 0.05) is 18.2 Å². The largest absolute Gasteiger partial charge is 0.348 e. The fourth-order valence-corrected chi connectivity index (χ4v) is 3.20. The van der Waals surface area contributed by atoms with Crippen LogP contribution in [0, 0.1) is 12.8 Å². The van der Waals surface area contributed by atoms with Gasteiger partial charge in [0.05, 0.1) is 5.39 Å². The number of aryl methyl sites for hydroxylation is 2. The number of carbonyl (C=O) groups excluding carboxylic acids is 2. The third-order valence-electron chi connectivity index (χ3n) is 5.20. The van der Waals surface area contributed by atoms with Crippen molar-refractivity contribution in [3.8, 4) is 0 Å². The summed E-state index contributed by atoms with van der Waals surface area (Å²) in [6.07, 6.45) is 2.96. The Morgan fingerprint density at radius 3 is 2.50 bits per heavy atom. The van der Waals surface area contributed by atoms with E-state index in [1.807, 2.05) is 25.1 Å². The molecule has 2 N–H and O–H groups in total. The summed E-state index contributed by atoms with van der Waals surface area (Å²) in [5, 5.41) is 11.1. The fourth-order valence-electron chi connectivity index (χ4n) is 3.20. The molecule has 0 spiro atoms. The van der Waals surface area contributed by atoms with E-state index in [0.29, 0.717) is 40.6 Å². The molecule has 1 saturated carbocycles. The summed E-state index contributed by atoms with van der Waals surface area (Å²) in [4.78, 5) is 29.8. The third-order valence-corrected chi connectivity index (χ3v) is 5.20. The molecule has 0 radical (unpaired) electrons. The minimum atomic E-state index is -0.221. The van der Waals surface area contributed by atoms with Gasteiger partial charge in [-0.2, -0.15) is 5.10 Å². The normalized spacial score (nSPS) is 13.6. The molecular formula is C23H27N5O2. The van der Waals surface area contributed by atoms with E-state index < -0.39 is 0 Å². The Morgan fingerprint density at radius 1 is 1.10 bits per heavy atom. The van der Waals surface area contributed by atoms with Gasteiger partial charge < -0.3 is 10.6 Å². The van der Waals surface area contributed by atoms with Crippen molar-refractivity contribution in [1.82, 2.24) is 20.1 Å². The molecule has 2 heterocycles. The predicted octanol–water partition coefficient (Wildman–Crippen LogP) is 3.93. The molecule has 2 amide bonds. The van der Waals surface area contributed by atoms with Crippen LogP contribution in [-0.4, -0.2) is 32.6 Å². The molecule has 0 atom stereocenters. The van der Waals surface area contributed by atoms with Crippen molar-refractivity contribution in [1.29, 1.82) is 0 Å². The van der Waals surface area contributed by atoms with E-state index >= 15 is 0 Å². The van der Waals surface area contributed by atoms with Gasteiger partial charge in [0.25, 0.3) is 11.8 Å². The second-order valence-electron chi connectivity index (χ2n) is 8.39. The molecular weight excluding hydrogens is 378 g/mol. The van der Waals surface area contributed by atoms with Gasteiger partial charge in [0.2, 0.25) is 0 Å². The molecule has 7 heteroatoms. The van der Waals surface area contributed by atoms with Crippen molar-refractivity contribution in [2.75, 3.05) is 5.32 Å². The van der Waals surface area contributed by atoms with Gasteiger partial charge >= 0.3 is 0 Å². The van der Waals surface area contributed by atoms with Crippen LogP contribution in [0.2, 0.25) is 0 Å². The number of nitrogens with one attached hydrogen (secondary N) is 2.